The molecule has 5 heteroatoms. The van der Waals surface area contributed by atoms with Gasteiger partial charge in [-0.05, 0) is 50.1 Å². The lowest BCUT2D eigenvalue weighted by Crippen LogP contribution is -2.27. The van der Waals surface area contributed by atoms with E-state index >= 15 is 0 Å². The molecule has 0 saturated carbocycles. The van der Waals surface area contributed by atoms with Crippen LogP contribution in [-0.4, -0.2) is 10.5 Å². The minimum Gasteiger partial charge on any atom is -0.324 e. The van der Waals surface area contributed by atoms with Gasteiger partial charge in [0.05, 0.1) is 5.39 Å². The van der Waals surface area contributed by atoms with E-state index in [2.05, 4.69) is 5.32 Å². The highest BCUT2D eigenvalue weighted by Gasteiger charge is 2.10. The second-order valence-corrected chi connectivity index (χ2v) is 7.04. The Morgan fingerprint density at radius 2 is 1.96 bits per heavy atom. The number of amides is 1. The van der Waals surface area contributed by atoms with Gasteiger partial charge in [0.25, 0.3) is 5.56 Å². The van der Waals surface area contributed by atoms with Crippen molar-refractivity contribution in [1.29, 1.82) is 0 Å². The van der Waals surface area contributed by atoms with Crippen molar-refractivity contribution < 1.29 is 4.79 Å². The van der Waals surface area contributed by atoms with Crippen LogP contribution >= 0.6 is 11.3 Å². The summed E-state index contributed by atoms with van der Waals surface area (Å²) < 4.78 is 2.41. The highest BCUT2D eigenvalue weighted by atomic mass is 32.1. The summed E-state index contributed by atoms with van der Waals surface area (Å²) in [6, 6.07) is 9.67. The maximum absolute atomic E-state index is 12.4. The van der Waals surface area contributed by atoms with Crippen molar-refractivity contribution in [2.75, 3.05) is 5.32 Å². The fraction of sp³-hybridized carbons (Fsp3) is 0.222. The van der Waals surface area contributed by atoms with Crippen molar-refractivity contribution in [3.63, 3.8) is 0 Å². The molecule has 0 radical (unpaired) electrons. The normalized spacial score (nSPS) is 10.9. The Balaban J connectivity index is 1.84. The Hall–Kier alpha value is -2.40. The minimum absolute atomic E-state index is 0.0110. The average Bonchev–Trinajstić information content (AvgIpc) is 2.87. The molecule has 2 aromatic heterocycles. The third-order valence-electron chi connectivity index (χ3n) is 3.76. The van der Waals surface area contributed by atoms with Crippen LogP contribution in [-0.2, 0) is 11.3 Å². The number of thiophene rings is 1. The van der Waals surface area contributed by atoms with E-state index in [4.69, 9.17) is 0 Å². The van der Waals surface area contributed by atoms with Gasteiger partial charge in [0.2, 0.25) is 5.91 Å². The number of benzene rings is 1. The van der Waals surface area contributed by atoms with E-state index in [9.17, 15) is 9.59 Å². The van der Waals surface area contributed by atoms with Crippen molar-refractivity contribution in [3.05, 3.63) is 62.9 Å². The summed E-state index contributed by atoms with van der Waals surface area (Å²) in [4.78, 5) is 25.8. The molecule has 3 rings (SSSR count). The zero-order valence-corrected chi connectivity index (χ0v) is 14.2. The second kappa shape index (κ2) is 6.01. The molecule has 4 nitrogen and oxygen atoms in total. The molecule has 1 N–H and O–H groups in total. The summed E-state index contributed by atoms with van der Waals surface area (Å²) in [6.45, 7) is 5.91. The molecule has 0 fully saturated rings. The summed E-state index contributed by atoms with van der Waals surface area (Å²) in [5.41, 5.74) is 2.75. The van der Waals surface area contributed by atoms with Crippen molar-refractivity contribution in [2.24, 2.45) is 0 Å². The number of rotatable bonds is 3. The Kier molecular flexibility index (Phi) is 4.05. The highest BCUT2D eigenvalue weighted by molar-refractivity contribution is 7.18. The van der Waals surface area contributed by atoms with Crippen LogP contribution in [0.5, 0.6) is 0 Å². The van der Waals surface area contributed by atoms with Crippen LogP contribution in [0, 0.1) is 20.8 Å². The zero-order chi connectivity index (χ0) is 16.6. The smallest absolute Gasteiger partial charge is 0.259 e. The largest absolute Gasteiger partial charge is 0.324 e. The number of carbonyl (C=O) groups excluding carboxylic acids is 1. The van der Waals surface area contributed by atoms with Crippen LogP contribution in [0.2, 0.25) is 0 Å². The van der Waals surface area contributed by atoms with Crippen LogP contribution in [0.3, 0.4) is 0 Å². The van der Waals surface area contributed by atoms with Gasteiger partial charge in [0.1, 0.15) is 6.54 Å². The number of nitrogens with one attached hydrogen (secondary N) is 1. The lowest BCUT2D eigenvalue weighted by Gasteiger charge is -2.10. The van der Waals surface area contributed by atoms with Gasteiger partial charge in [-0.1, -0.05) is 12.1 Å². The SMILES string of the molecule is Cc1ccc(C)c(NC(=O)Cn2ccc3sc(C)cc3c2=O)c1. The molecule has 23 heavy (non-hydrogen) atoms. The van der Waals surface area contributed by atoms with E-state index < -0.39 is 0 Å². The lowest BCUT2D eigenvalue weighted by molar-refractivity contribution is -0.116. The van der Waals surface area contributed by atoms with Crippen LogP contribution in [0.25, 0.3) is 10.1 Å². The molecule has 0 atom stereocenters. The summed E-state index contributed by atoms with van der Waals surface area (Å²) in [5.74, 6) is -0.202. The van der Waals surface area contributed by atoms with Crippen molar-refractivity contribution in [3.8, 4) is 0 Å². The van der Waals surface area contributed by atoms with Crippen LogP contribution in [0.4, 0.5) is 5.69 Å². The molecule has 0 saturated heterocycles. The molecule has 0 unspecified atom stereocenters. The molecule has 1 aromatic carbocycles. The average molecular weight is 326 g/mol. The molecule has 0 aliphatic rings. The predicted molar refractivity (Wildman–Crippen MR) is 95.4 cm³/mol. The Morgan fingerprint density at radius 3 is 2.74 bits per heavy atom. The number of carbonyl (C=O) groups is 1. The Labute approximate surface area is 138 Å². The van der Waals surface area contributed by atoms with Crippen molar-refractivity contribution >= 4 is 33.0 Å². The van der Waals surface area contributed by atoms with Gasteiger partial charge >= 0.3 is 0 Å². The number of hydrogen-bond acceptors (Lipinski definition) is 3. The molecule has 0 aliphatic carbocycles. The molecular formula is C18H18N2O2S. The first kappa shape index (κ1) is 15.5. The van der Waals surface area contributed by atoms with Gasteiger partial charge in [-0.15, -0.1) is 11.3 Å². The predicted octanol–water partition coefficient (Wildman–Crippen LogP) is 3.63. The number of nitrogens with zero attached hydrogens (tertiary/aromatic N) is 1. The number of pyridine rings is 1. The Morgan fingerprint density at radius 1 is 1.17 bits per heavy atom. The van der Waals surface area contributed by atoms with Crippen LogP contribution in [0.15, 0.2) is 41.3 Å². The molecule has 1 amide bonds. The second-order valence-electron chi connectivity index (χ2n) is 5.75. The van der Waals surface area contributed by atoms with E-state index in [0.29, 0.717) is 5.39 Å². The van der Waals surface area contributed by atoms with Gasteiger partial charge in [0, 0.05) is 21.5 Å². The lowest BCUT2D eigenvalue weighted by atomic mass is 10.1. The summed E-state index contributed by atoms with van der Waals surface area (Å²) in [5, 5.41) is 3.56. The maximum Gasteiger partial charge on any atom is 0.259 e. The first-order valence-electron chi connectivity index (χ1n) is 7.41. The van der Waals surface area contributed by atoms with E-state index in [1.807, 2.05) is 51.1 Å². The highest BCUT2D eigenvalue weighted by Crippen LogP contribution is 2.21. The fourth-order valence-corrected chi connectivity index (χ4v) is 3.45. The number of fused-ring (bicyclic) bond motifs is 1. The third kappa shape index (κ3) is 3.19. The van der Waals surface area contributed by atoms with E-state index in [0.717, 1.165) is 26.4 Å². The first-order chi connectivity index (χ1) is 10.9. The minimum atomic E-state index is -0.202. The van der Waals surface area contributed by atoms with Gasteiger partial charge in [-0.25, -0.2) is 0 Å². The standard InChI is InChI=1S/C18H18N2O2S/c1-11-4-5-12(2)15(8-11)19-17(21)10-20-7-6-16-14(18(20)22)9-13(3)23-16/h4-9H,10H2,1-3H3,(H,19,21). The molecule has 2 heterocycles. The van der Waals surface area contributed by atoms with Crippen molar-refractivity contribution in [2.45, 2.75) is 27.3 Å². The number of hydrogen-bond donors (Lipinski definition) is 1. The van der Waals surface area contributed by atoms with Crippen molar-refractivity contribution in [1.82, 2.24) is 4.57 Å². The monoisotopic (exact) mass is 326 g/mol. The van der Waals surface area contributed by atoms with Gasteiger partial charge in [-0.3, -0.25) is 9.59 Å². The van der Waals surface area contributed by atoms with E-state index in [1.165, 1.54) is 4.57 Å². The zero-order valence-electron chi connectivity index (χ0n) is 13.3. The number of aromatic nitrogens is 1. The van der Waals surface area contributed by atoms with Gasteiger partial charge in [-0.2, -0.15) is 0 Å². The summed E-state index contributed by atoms with van der Waals surface area (Å²) in [6.07, 6.45) is 1.68. The van der Waals surface area contributed by atoms with E-state index in [1.54, 1.807) is 17.5 Å². The van der Waals surface area contributed by atoms with Crippen LogP contribution < -0.4 is 10.9 Å². The third-order valence-corrected chi connectivity index (χ3v) is 4.78. The summed E-state index contributed by atoms with van der Waals surface area (Å²) in [7, 11) is 0. The number of anilines is 1. The maximum atomic E-state index is 12.4. The molecule has 0 aliphatic heterocycles. The molecule has 118 valence electrons. The Bertz CT molecular complexity index is 953. The fourth-order valence-electron chi connectivity index (χ4n) is 2.54. The molecule has 0 spiro atoms. The van der Waals surface area contributed by atoms with E-state index in [-0.39, 0.29) is 18.0 Å². The molecule has 0 bridgehead atoms. The van der Waals surface area contributed by atoms with Gasteiger partial charge in [0.15, 0.2) is 0 Å². The molecule has 3 aromatic rings. The first-order valence-corrected chi connectivity index (χ1v) is 8.22. The van der Waals surface area contributed by atoms with Gasteiger partial charge < -0.3 is 9.88 Å². The quantitative estimate of drug-likeness (QED) is 0.799. The topological polar surface area (TPSA) is 51.1 Å². The van der Waals surface area contributed by atoms with Crippen LogP contribution in [0.1, 0.15) is 16.0 Å². The summed E-state index contributed by atoms with van der Waals surface area (Å²) >= 11 is 1.59. The molecular weight excluding hydrogens is 308 g/mol. The number of aryl methyl sites for hydroxylation is 3.